The molecule has 0 aliphatic heterocycles. The van der Waals surface area contributed by atoms with E-state index in [1.54, 1.807) is 30.3 Å². The number of aromatic nitrogens is 2. The van der Waals surface area contributed by atoms with Crippen LogP contribution in [0.1, 0.15) is 5.56 Å². The molecule has 0 aliphatic carbocycles. The van der Waals surface area contributed by atoms with E-state index in [-0.39, 0.29) is 16.9 Å². The number of carbonyl (C=O) groups excluding carboxylic acids is 1. The first-order valence-electron chi connectivity index (χ1n) is 9.13. The fourth-order valence-corrected chi connectivity index (χ4v) is 2.97. The summed E-state index contributed by atoms with van der Waals surface area (Å²) >= 11 is 5.75. The summed E-state index contributed by atoms with van der Waals surface area (Å²) in [7, 11) is 0. The Hall–Kier alpha value is -4.04. The van der Waals surface area contributed by atoms with E-state index in [9.17, 15) is 9.18 Å². The lowest BCUT2D eigenvalue weighted by atomic mass is 10.0. The van der Waals surface area contributed by atoms with Crippen LogP contribution < -0.4 is 15.5 Å². The molecule has 7 nitrogen and oxygen atoms in total. The van der Waals surface area contributed by atoms with Gasteiger partial charge in [0.15, 0.2) is 0 Å². The van der Waals surface area contributed by atoms with E-state index in [4.69, 9.17) is 16.3 Å². The molecule has 0 atom stereocenters. The number of hydrazone groups is 1. The highest BCUT2D eigenvalue weighted by molar-refractivity contribution is 6.28. The number of hydrogen-bond acceptors (Lipinski definition) is 5. The Bertz CT molecular complexity index is 1270. The number of hydrogen-bond donors (Lipinski definition) is 2. The predicted octanol–water partition coefficient (Wildman–Crippen LogP) is 5.37. The number of benzene rings is 3. The van der Waals surface area contributed by atoms with E-state index < -0.39 is 11.8 Å². The molecule has 31 heavy (non-hydrogen) atoms. The third-order valence-corrected chi connectivity index (χ3v) is 4.39. The molecule has 0 saturated carbocycles. The highest BCUT2D eigenvalue weighted by atomic mass is 35.5. The van der Waals surface area contributed by atoms with Crippen LogP contribution >= 0.6 is 11.6 Å². The van der Waals surface area contributed by atoms with Crippen molar-refractivity contribution < 1.29 is 13.9 Å². The topological polar surface area (TPSA) is 88.5 Å². The molecule has 0 bridgehead atoms. The van der Waals surface area contributed by atoms with E-state index >= 15 is 0 Å². The first-order chi connectivity index (χ1) is 15.1. The molecule has 4 rings (SSSR count). The predicted molar refractivity (Wildman–Crippen MR) is 117 cm³/mol. The van der Waals surface area contributed by atoms with Crippen molar-refractivity contribution >= 4 is 40.3 Å². The van der Waals surface area contributed by atoms with Crippen LogP contribution in [-0.4, -0.2) is 22.2 Å². The molecule has 0 unspecified atom stereocenters. The molecule has 0 radical (unpaired) electrons. The molecule has 3 aromatic carbocycles. The van der Waals surface area contributed by atoms with Gasteiger partial charge in [0.05, 0.1) is 12.4 Å². The van der Waals surface area contributed by atoms with Crippen LogP contribution in [-0.2, 0) is 0 Å². The van der Waals surface area contributed by atoms with Gasteiger partial charge in [-0.2, -0.15) is 14.5 Å². The summed E-state index contributed by atoms with van der Waals surface area (Å²) in [5, 5.41) is 8.22. The van der Waals surface area contributed by atoms with E-state index in [0.29, 0.717) is 11.3 Å². The second kappa shape index (κ2) is 9.19. The Labute approximate surface area is 181 Å². The van der Waals surface area contributed by atoms with Gasteiger partial charge in [0, 0.05) is 11.3 Å². The fourth-order valence-electron chi connectivity index (χ4n) is 2.84. The van der Waals surface area contributed by atoms with Crippen molar-refractivity contribution in [3.63, 3.8) is 0 Å². The summed E-state index contributed by atoms with van der Waals surface area (Å²) in [4.78, 5) is 19.4. The summed E-state index contributed by atoms with van der Waals surface area (Å²) in [5.74, 6) is -0.804. The van der Waals surface area contributed by atoms with Crippen LogP contribution in [0.4, 0.5) is 14.9 Å². The SMILES string of the molecule is O=C(N/N=C\c1c(Oc2nc(Cl)ncc2F)ccc2ccccc12)Nc1ccccc1. The second-order valence-corrected chi connectivity index (χ2v) is 6.62. The molecule has 154 valence electrons. The summed E-state index contributed by atoms with van der Waals surface area (Å²) in [5.41, 5.74) is 3.55. The Balaban J connectivity index is 1.61. The first-order valence-corrected chi connectivity index (χ1v) is 9.51. The minimum Gasteiger partial charge on any atom is -0.436 e. The maximum Gasteiger partial charge on any atom is 0.339 e. The van der Waals surface area contributed by atoms with Crippen molar-refractivity contribution in [2.24, 2.45) is 5.10 Å². The Morgan fingerprint density at radius 3 is 2.68 bits per heavy atom. The monoisotopic (exact) mass is 435 g/mol. The van der Waals surface area contributed by atoms with Crippen molar-refractivity contribution in [2.45, 2.75) is 0 Å². The molecule has 1 aromatic heterocycles. The minimum atomic E-state index is -0.763. The molecule has 9 heteroatoms. The van der Waals surface area contributed by atoms with Crippen molar-refractivity contribution in [1.82, 2.24) is 15.4 Å². The Kier molecular flexibility index (Phi) is 6.00. The van der Waals surface area contributed by atoms with Crippen LogP contribution in [0.2, 0.25) is 5.28 Å². The van der Waals surface area contributed by atoms with Crippen LogP contribution in [0.25, 0.3) is 10.8 Å². The average molecular weight is 436 g/mol. The van der Waals surface area contributed by atoms with Gasteiger partial charge in [-0.25, -0.2) is 15.2 Å². The lowest BCUT2D eigenvalue weighted by Crippen LogP contribution is -2.24. The minimum absolute atomic E-state index is 0.147. The van der Waals surface area contributed by atoms with E-state index in [0.717, 1.165) is 17.0 Å². The van der Waals surface area contributed by atoms with Crippen molar-refractivity contribution in [3.05, 3.63) is 89.6 Å². The van der Waals surface area contributed by atoms with Gasteiger partial charge in [-0.15, -0.1) is 0 Å². The third kappa shape index (κ3) is 4.93. The van der Waals surface area contributed by atoms with Crippen LogP contribution in [0.15, 0.2) is 78.0 Å². The molecule has 0 spiro atoms. The number of ether oxygens (including phenoxy) is 1. The maximum absolute atomic E-state index is 14.1. The number of urea groups is 1. The largest absolute Gasteiger partial charge is 0.436 e. The van der Waals surface area contributed by atoms with Crippen LogP contribution in [0.5, 0.6) is 11.6 Å². The zero-order valence-electron chi connectivity index (χ0n) is 15.9. The second-order valence-electron chi connectivity index (χ2n) is 6.28. The molecule has 0 saturated heterocycles. The quantitative estimate of drug-likeness (QED) is 0.250. The molecule has 0 aliphatic rings. The standard InChI is InChI=1S/C22H15ClFN5O2/c23-21-25-13-18(24)20(28-21)31-19-11-10-14-6-4-5-9-16(14)17(19)12-26-29-22(30)27-15-7-2-1-3-8-15/h1-13H,(H2,27,29,30)/b26-12-. The summed E-state index contributed by atoms with van der Waals surface area (Å²) in [6.07, 6.45) is 2.35. The fraction of sp³-hybridized carbons (Fsp3) is 0. The van der Waals surface area contributed by atoms with E-state index in [1.807, 2.05) is 36.4 Å². The smallest absolute Gasteiger partial charge is 0.339 e. The number of amides is 2. The summed E-state index contributed by atoms with van der Waals surface area (Å²) in [6, 6.07) is 19.4. The van der Waals surface area contributed by atoms with Gasteiger partial charge < -0.3 is 10.1 Å². The third-order valence-electron chi connectivity index (χ3n) is 4.21. The molecular weight excluding hydrogens is 421 g/mol. The van der Waals surface area contributed by atoms with Gasteiger partial charge in [0.1, 0.15) is 5.75 Å². The van der Waals surface area contributed by atoms with Gasteiger partial charge in [-0.3, -0.25) is 0 Å². The van der Waals surface area contributed by atoms with E-state index in [2.05, 4.69) is 25.8 Å². The van der Waals surface area contributed by atoms with Gasteiger partial charge >= 0.3 is 6.03 Å². The van der Waals surface area contributed by atoms with E-state index in [1.165, 1.54) is 6.21 Å². The number of para-hydroxylation sites is 1. The number of rotatable bonds is 5. The number of anilines is 1. The van der Waals surface area contributed by atoms with Crippen molar-refractivity contribution in [2.75, 3.05) is 5.32 Å². The number of fused-ring (bicyclic) bond motifs is 1. The molecule has 0 fully saturated rings. The van der Waals surface area contributed by atoms with Crippen molar-refractivity contribution in [1.29, 1.82) is 0 Å². The normalized spacial score (nSPS) is 10.9. The zero-order chi connectivity index (χ0) is 21.6. The van der Waals surface area contributed by atoms with Gasteiger partial charge in [0.2, 0.25) is 11.1 Å². The van der Waals surface area contributed by atoms with Crippen molar-refractivity contribution in [3.8, 4) is 11.6 Å². The Morgan fingerprint density at radius 2 is 1.84 bits per heavy atom. The number of carbonyl (C=O) groups is 1. The molecule has 1 heterocycles. The van der Waals surface area contributed by atoms with Gasteiger partial charge in [0.25, 0.3) is 5.88 Å². The number of nitrogens with zero attached hydrogens (tertiary/aromatic N) is 3. The highest BCUT2D eigenvalue weighted by Gasteiger charge is 2.13. The highest BCUT2D eigenvalue weighted by Crippen LogP contribution is 2.31. The van der Waals surface area contributed by atoms with Crippen LogP contribution in [0, 0.1) is 5.82 Å². The number of halogens is 2. The summed E-state index contributed by atoms with van der Waals surface area (Å²) in [6.45, 7) is 0. The molecular formula is C22H15ClFN5O2. The van der Waals surface area contributed by atoms with Crippen LogP contribution in [0.3, 0.4) is 0 Å². The molecule has 4 aromatic rings. The molecule has 2 amide bonds. The Morgan fingerprint density at radius 1 is 1.06 bits per heavy atom. The lowest BCUT2D eigenvalue weighted by Gasteiger charge is -2.11. The van der Waals surface area contributed by atoms with Gasteiger partial charge in [-0.05, 0) is 40.6 Å². The lowest BCUT2D eigenvalue weighted by molar-refractivity contribution is 0.252. The average Bonchev–Trinajstić information content (AvgIpc) is 2.78. The zero-order valence-corrected chi connectivity index (χ0v) is 16.7. The maximum atomic E-state index is 14.1. The summed E-state index contributed by atoms with van der Waals surface area (Å²) < 4.78 is 19.7. The number of nitrogens with one attached hydrogen (secondary N) is 2. The molecule has 2 N–H and O–H groups in total. The first kappa shape index (κ1) is 20.2. The van der Waals surface area contributed by atoms with Gasteiger partial charge in [-0.1, -0.05) is 48.5 Å².